The second kappa shape index (κ2) is 10.6. The molecule has 1 aliphatic heterocycles. The minimum absolute atomic E-state index is 0.0704. The molecule has 4 heterocycles. The standard InChI is InChI=1S/C27H25ClF3N7O/c1-2-11-37-12-3-4-17(15-37)23-21-8-10-34-26(32)38(21)24(36-23)16-5-6-19(20(28)13-16)25(39)35-22-14-18(7-9-33-22)27(29,30)31/h2,5-11,13-14,17H,3-4,12,15H2,1H3,(H2,32,34)(H,33,35,39). The number of halogens is 4. The Morgan fingerprint density at radius 3 is 2.72 bits per heavy atom. The Kier molecular flexibility index (Phi) is 7.17. The summed E-state index contributed by atoms with van der Waals surface area (Å²) in [5.41, 5.74) is 7.77. The van der Waals surface area contributed by atoms with Crippen LogP contribution in [-0.2, 0) is 6.18 Å². The van der Waals surface area contributed by atoms with E-state index < -0.39 is 17.6 Å². The van der Waals surface area contributed by atoms with Gasteiger partial charge in [-0.1, -0.05) is 23.7 Å². The summed E-state index contributed by atoms with van der Waals surface area (Å²) in [4.78, 5) is 28.1. The van der Waals surface area contributed by atoms with Crippen LogP contribution in [0.3, 0.4) is 0 Å². The zero-order valence-electron chi connectivity index (χ0n) is 20.9. The second-order valence-electron chi connectivity index (χ2n) is 9.24. The molecule has 1 saturated heterocycles. The molecular weight excluding hydrogens is 531 g/mol. The molecule has 0 spiro atoms. The number of anilines is 2. The molecule has 0 saturated carbocycles. The van der Waals surface area contributed by atoms with Crippen LogP contribution < -0.4 is 11.1 Å². The molecule has 4 aromatic rings. The highest BCUT2D eigenvalue weighted by atomic mass is 35.5. The van der Waals surface area contributed by atoms with Crippen molar-refractivity contribution in [3.05, 3.63) is 82.9 Å². The molecule has 12 heteroatoms. The third kappa shape index (κ3) is 5.40. The maximum atomic E-state index is 13.0. The largest absolute Gasteiger partial charge is 0.416 e. The number of nitrogens with two attached hydrogens (primary N) is 1. The Bertz CT molecular complexity index is 1570. The summed E-state index contributed by atoms with van der Waals surface area (Å²) >= 11 is 6.49. The topological polar surface area (TPSA) is 101 Å². The first kappa shape index (κ1) is 26.5. The highest BCUT2D eigenvalue weighted by Crippen LogP contribution is 2.35. The number of rotatable bonds is 5. The van der Waals surface area contributed by atoms with Crippen molar-refractivity contribution in [2.24, 2.45) is 0 Å². The summed E-state index contributed by atoms with van der Waals surface area (Å²) in [5.74, 6) is 0.0377. The van der Waals surface area contributed by atoms with Crippen LogP contribution in [0.25, 0.3) is 16.9 Å². The van der Waals surface area contributed by atoms with Crippen molar-refractivity contribution < 1.29 is 18.0 Å². The van der Waals surface area contributed by atoms with Crippen LogP contribution in [0.2, 0.25) is 5.02 Å². The quantitative estimate of drug-likeness (QED) is 0.313. The van der Waals surface area contributed by atoms with Crippen molar-refractivity contribution in [1.82, 2.24) is 24.3 Å². The SMILES string of the molecule is CC=CN1CCCC(c2nc(-c3ccc(C(=O)Nc4cc(C(F)(F)F)ccn4)c(Cl)c3)n3c(N)nccc23)C1. The van der Waals surface area contributed by atoms with Gasteiger partial charge >= 0.3 is 6.18 Å². The molecule has 5 rings (SSSR count). The van der Waals surface area contributed by atoms with Crippen LogP contribution >= 0.6 is 11.6 Å². The number of hydrogen-bond donors (Lipinski definition) is 2. The molecule has 1 atom stereocenters. The summed E-state index contributed by atoms with van der Waals surface area (Å²) in [5, 5.41) is 2.47. The van der Waals surface area contributed by atoms with Crippen LogP contribution in [-0.4, -0.2) is 43.2 Å². The Balaban J connectivity index is 1.47. The minimum atomic E-state index is -4.56. The monoisotopic (exact) mass is 555 g/mol. The molecule has 1 aliphatic rings. The second-order valence-corrected chi connectivity index (χ2v) is 9.64. The van der Waals surface area contributed by atoms with Gasteiger partial charge in [-0.25, -0.2) is 15.0 Å². The Morgan fingerprint density at radius 2 is 1.97 bits per heavy atom. The molecule has 0 bridgehead atoms. The van der Waals surface area contributed by atoms with Crippen LogP contribution in [0.4, 0.5) is 24.9 Å². The third-order valence-corrected chi connectivity index (χ3v) is 6.92. The first-order valence-corrected chi connectivity index (χ1v) is 12.7. The zero-order chi connectivity index (χ0) is 27.7. The number of allylic oxidation sites excluding steroid dienone is 1. The summed E-state index contributed by atoms with van der Waals surface area (Å²) < 4.78 is 40.8. The summed E-state index contributed by atoms with van der Waals surface area (Å²) in [7, 11) is 0. The van der Waals surface area contributed by atoms with Gasteiger partial charge in [0.25, 0.3) is 5.91 Å². The molecule has 0 aliphatic carbocycles. The molecule has 1 unspecified atom stereocenters. The van der Waals surface area contributed by atoms with Crippen molar-refractivity contribution >= 4 is 34.8 Å². The summed E-state index contributed by atoms with van der Waals surface area (Å²) in [6, 6.07) is 8.19. The molecule has 3 aromatic heterocycles. The maximum absolute atomic E-state index is 13.0. The molecule has 8 nitrogen and oxygen atoms in total. The van der Waals surface area contributed by atoms with Crippen molar-refractivity contribution in [3.63, 3.8) is 0 Å². The van der Waals surface area contributed by atoms with E-state index in [1.165, 1.54) is 6.07 Å². The van der Waals surface area contributed by atoms with Gasteiger partial charge in [-0.05, 0) is 56.3 Å². The average molecular weight is 556 g/mol. The number of nitrogens with zero attached hydrogens (tertiary/aromatic N) is 5. The number of fused-ring (bicyclic) bond motifs is 1. The third-order valence-electron chi connectivity index (χ3n) is 6.61. The van der Waals surface area contributed by atoms with Gasteiger partial charge in [0.05, 0.1) is 27.4 Å². The molecule has 1 aromatic carbocycles. The van der Waals surface area contributed by atoms with Gasteiger partial charge in [-0.15, -0.1) is 0 Å². The number of piperidine rings is 1. The highest BCUT2D eigenvalue weighted by molar-refractivity contribution is 6.34. The van der Waals surface area contributed by atoms with Crippen molar-refractivity contribution in [2.45, 2.75) is 31.9 Å². The van der Waals surface area contributed by atoms with Gasteiger partial charge in [0.1, 0.15) is 11.6 Å². The van der Waals surface area contributed by atoms with Gasteiger partial charge < -0.3 is 16.0 Å². The molecule has 1 amide bonds. The number of benzene rings is 1. The Morgan fingerprint density at radius 1 is 1.18 bits per heavy atom. The van der Waals surface area contributed by atoms with E-state index in [-0.39, 0.29) is 28.3 Å². The van der Waals surface area contributed by atoms with Gasteiger partial charge in [-0.3, -0.25) is 9.20 Å². The molecule has 3 N–H and O–H groups in total. The number of carbonyl (C=O) groups excluding carboxylic acids is 1. The molecule has 1 fully saturated rings. The normalized spacial score (nSPS) is 16.2. The predicted octanol–water partition coefficient (Wildman–Crippen LogP) is 6.01. The number of aromatic nitrogens is 4. The van der Waals surface area contributed by atoms with E-state index in [4.69, 9.17) is 22.3 Å². The van der Waals surface area contributed by atoms with Crippen LogP contribution in [0.1, 0.15) is 47.3 Å². The van der Waals surface area contributed by atoms with Crippen LogP contribution in [0.15, 0.2) is 61.1 Å². The van der Waals surface area contributed by atoms with E-state index in [0.29, 0.717) is 11.4 Å². The lowest BCUT2D eigenvalue weighted by Crippen LogP contribution is -2.30. The lowest BCUT2D eigenvalue weighted by Gasteiger charge is -2.31. The predicted molar refractivity (Wildman–Crippen MR) is 143 cm³/mol. The van der Waals surface area contributed by atoms with E-state index in [2.05, 4.69) is 26.4 Å². The zero-order valence-corrected chi connectivity index (χ0v) is 21.7. The number of hydrogen-bond acceptors (Lipinski definition) is 6. The number of nitrogen functional groups attached to an aromatic ring is 1. The number of nitrogens with one attached hydrogen (secondary N) is 1. The number of imidazole rings is 1. The van der Waals surface area contributed by atoms with Crippen LogP contribution in [0, 0.1) is 0 Å². The fourth-order valence-electron chi connectivity index (χ4n) is 4.85. The van der Waals surface area contributed by atoms with E-state index in [1.807, 2.05) is 19.1 Å². The molecular formula is C27H25ClF3N7O. The number of carbonyl (C=O) groups is 1. The first-order chi connectivity index (χ1) is 18.7. The number of amides is 1. The van der Waals surface area contributed by atoms with E-state index >= 15 is 0 Å². The number of likely N-dealkylation sites (tertiary alicyclic amines) is 1. The molecule has 39 heavy (non-hydrogen) atoms. The van der Waals surface area contributed by atoms with E-state index in [9.17, 15) is 18.0 Å². The lowest BCUT2D eigenvalue weighted by molar-refractivity contribution is -0.137. The Hall–Kier alpha value is -4.12. The van der Waals surface area contributed by atoms with Gasteiger partial charge in [0.15, 0.2) is 0 Å². The van der Waals surface area contributed by atoms with Crippen LogP contribution in [0.5, 0.6) is 0 Å². The summed E-state index contributed by atoms with van der Waals surface area (Å²) in [6.45, 7) is 3.80. The molecule has 202 valence electrons. The van der Waals surface area contributed by atoms with Crippen molar-refractivity contribution in [3.8, 4) is 11.4 Å². The average Bonchev–Trinajstić information content (AvgIpc) is 3.30. The summed E-state index contributed by atoms with van der Waals surface area (Å²) in [6.07, 6.45) is 4.17. The fraction of sp³-hybridized carbons (Fsp3) is 0.259. The smallest absolute Gasteiger partial charge is 0.377 e. The van der Waals surface area contributed by atoms with Gasteiger partial charge in [-0.2, -0.15) is 13.2 Å². The Labute approximate surface area is 227 Å². The fourth-order valence-corrected chi connectivity index (χ4v) is 5.12. The van der Waals surface area contributed by atoms with E-state index in [1.54, 1.807) is 22.7 Å². The lowest BCUT2D eigenvalue weighted by atomic mass is 9.94. The van der Waals surface area contributed by atoms with Crippen molar-refractivity contribution in [1.29, 1.82) is 0 Å². The highest BCUT2D eigenvalue weighted by Gasteiger charge is 2.31. The minimum Gasteiger partial charge on any atom is -0.377 e. The van der Waals surface area contributed by atoms with Gasteiger partial charge in [0.2, 0.25) is 5.95 Å². The number of alkyl halides is 3. The first-order valence-electron chi connectivity index (χ1n) is 12.3. The number of pyridine rings is 1. The maximum Gasteiger partial charge on any atom is 0.416 e. The van der Waals surface area contributed by atoms with Gasteiger partial charge in [0, 0.05) is 37.0 Å². The molecule has 0 radical (unpaired) electrons. The van der Waals surface area contributed by atoms with Crippen molar-refractivity contribution in [2.75, 3.05) is 24.1 Å². The van der Waals surface area contributed by atoms with E-state index in [0.717, 1.165) is 55.5 Å².